The largest absolute Gasteiger partial charge is 0.494 e. The van der Waals surface area contributed by atoms with Crippen molar-refractivity contribution in [2.75, 3.05) is 26.7 Å². The van der Waals surface area contributed by atoms with E-state index in [4.69, 9.17) is 9.31 Å². The first-order valence-corrected chi connectivity index (χ1v) is 14.0. The smallest absolute Gasteiger partial charge is 0.453 e. The predicted octanol–water partition coefficient (Wildman–Crippen LogP) is 5.49. The number of carbonyl (C=O) groups excluding carboxylic acids is 2. The average Bonchev–Trinajstić information content (AvgIpc) is 3.53. The highest BCUT2D eigenvalue weighted by molar-refractivity contribution is 6.62. The first-order valence-electron chi connectivity index (χ1n) is 14.0. The monoisotopic (exact) mass is 545 g/mol. The van der Waals surface area contributed by atoms with Crippen LogP contribution in [-0.4, -0.2) is 62.0 Å². The second-order valence-corrected chi connectivity index (χ2v) is 10.0. The van der Waals surface area contributed by atoms with Crippen LogP contribution in [0, 0.1) is 0 Å². The first kappa shape index (κ1) is 36.2. The van der Waals surface area contributed by atoms with Crippen LogP contribution in [0.3, 0.4) is 0 Å². The fraction of sp³-hybridized carbons (Fsp3) is 0.600. The van der Waals surface area contributed by atoms with Crippen molar-refractivity contribution < 1.29 is 23.6 Å². The van der Waals surface area contributed by atoms with Crippen molar-refractivity contribution in [3.63, 3.8) is 0 Å². The maximum absolute atomic E-state index is 11.3. The van der Waals surface area contributed by atoms with Gasteiger partial charge in [0.1, 0.15) is 6.54 Å². The molecule has 3 rings (SSSR count). The summed E-state index contributed by atoms with van der Waals surface area (Å²) in [5.41, 5.74) is 2.74. The van der Waals surface area contributed by atoms with Crippen LogP contribution < -0.4 is 16.1 Å². The van der Waals surface area contributed by atoms with Gasteiger partial charge in [-0.25, -0.2) is 4.79 Å². The molecule has 0 saturated carbocycles. The van der Waals surface area contributed by atoms with Crippen molar-refractivity contribution in [2.24, 2.45) is 0 Å². The zero-order valence-electron chi connectivity index (χ0n) is 26.0. The Hall–Kier alpha value is -2.78. The minimum absolute atomic E-state index is 0.0344. The minimum Gasteiger partial charge on any atom is -0.453 e. The van der Waals surface area contributed by atoms with E-state index in [1.54, 1.807) is 11.1 Å². The van der Waals surface area contributed by atoms with Crippen molar-refractivity contribution in [3.8, 4) is 0 Å². The van der Waals surface area contributed by atoms with Crippen LogP contribution in [0.2, 0.25) is 0 Å². The highest BCUT2D eigenvalue weighted by Crippen LogP contribution is 2.36. The van der Waals surface area contributed by atoms with Crippen molar-refractivity contribution in [2.45, 2.75) is 92.8 Å². The Kier molecular flexibility index (Phi) is 17.2. The quantitative estimate of drug-likeness (QED) is 0.460. The van der Waals surface area contributed by atoms with Gasteiger partial charge >= 0.3 is 13.2 Å². The number of rotatable bonds is 6. The Morgan fingerprint density at radius 3 is 1.97 bits per heavy atom. The molecular weight excluding hydrogens is 493 g/mol. The molecule has 2 saturated heterocycles. The molecule has 0 atom stereocenters. The second-order valence-electron chi connectivity index (χ2n) is 10.0. The van der Waals surface area contributed by atoms with E-state index in [1.807, 2.05) is 20.0 Å². The lowest BCUT2D eigenvalue weighted by Gasteiger charge is -2.32. The van der Waals surface area contributed by atoms with Gasteiger partial charge in [-0.1, -0.05) is 65.0 Å². The summed E-state index contributed by atoms with van der Waals surface area (Å²) in [6.45, 7) is 23.8. The Balaban J connectivity index is 0.000000686. The third kappa shape index (κ3) is 12.3. The molecule has 2 amide bonds. The van der Waals surface area contributed by atoms with E-state index >= 15 is 0 Å². The Bertz CT molecular complexity index is 878. The normalized spacial score (nSPS) is 16.8. The molecule has 2 aliphatic rings. The van der Waals surface area contributed by atoms with Crippen molar-refractivity contribution in [1.82, 2.24) is 15.5 Å². The van der Waals surface area contributed by atoms with E-state index in [0.29, 0.717) is 0 Å². The van der Waals surface area contributed by atoms with E-state index in [1.165, 1.54) is 13.5 Å². The van der Waals surface area contributed by atoms with E-state index in [9.17, 15) is 9.59 Å². The van der Waals surface area contributed by atoms with Gasteiger partial charge in [0.25, 0.3) is 0 Å². The Labute approximate surface area is 237 Å². The van der Waals surface area contributed by atoms with E-state index < -0.39 is 6.09 Å². The lowest BCUT2D eigenvalue weighted by atomic mass is 9.78. The van der Waals surface area contributed by atoms with Gasteiger partial charge in [0.05, 0.1) is 18.3 Å². The highest BCUT2D eigenvalue weighted by atomic mass is 16.7. The number of ether oxygens (including phenoxy) is 1. The van der Waals surface area contributed by atoms with Crippen LogP contribution in [0.4, 0.5) is 4.79 Å². The number of allylic oxidation sites excluding steroid dienone is 1. The number of carbonyl (C=O) groups is 2. The zero-order valence-corrected chi connectivity index (χ0v) is 26.0. The van der Waals surface area contributed by atoms with Gasteiger partial charge in [0, 0.05) is 19.3 Å². The highest BCUT2D eigenvalue weighted by Gasteiger charge is 2.51. The summed E-state index contributed by atoms with van der Waals surface area (Å²) in [4.78, 5) is 23.7. The third-order valence-corrected chi connectivity index (χ3v) is 6.34. The number of alkyl carbamates (subject to hydrolysis) is 1. The lowest BCUT2D eigenvalue weighted by Crippen LogP contribution is -2.41. The number of nitrogens with one attached hydrogen (secondary N) is 2. The molecule has 39 heavy (non-hydrogen) atoms. The molecule has 2 aliphatic heterocycles. The van der Waals surface area contributed by atoms with Crippen LogP contribution in [0.1, 0.15) is 87.1 Å². The standard InChI is InChI=1S/C17H24BNO2.C8H14N2O3.C3H8.C2H6/c1-7-19-12-13(2)14-8-10-15(11-9-14)18-20-16(3,4)17(5,6)21-18;1-13-8(12)9-6-7(11)10-4-2-3-5-10;1-3-2;1-2/h7-12,19H,1H2,2-6H3;2-6H2,1H3,(H,9,12);3H2,1-2H3;1-2H3/b13-12+;;;. The number of likely N-dealkylation sites (tertiary alicyclic amines) is 1. The van der Waals surface area contributed by atoms with Gasteiger partial charge in [-0.05, 0) is 70.3 Å². The molecule has 2 N–H and O–H groups in total. The minimum atomic E-state index is -0.562. The maximum atomic E-state index is 11.3. The molecule has 220 valence electrons. The summed E-state index contributed by atoms with van der Waals surface area (Å²) >= 11 is 0. The second kappa shape index (κ2) is 18.5. The third-order valence-electron chi connectivity index (χ3n) is 6.34. The van der Waals surface area contributed by atoms with Gasteiger partial charge < -0.3 is 29.6 Å². The number of benzene rings is 1. The molecule has 8 nitrogen and oxygen atoms in total. The maximum Gasteiger partial charge on any atom is 0.494 e. The summed E-state index contributed by atoms with van der Waals surface area (Å²) in [5, 5.41) is 5.35. The number of nitrogens with zero attached hydrogens (tertiary/aromatic N) is 1. The molecule has 0 bridgehead atoms. The Morgan fingerprint density at radius 1 is 1.05 bits per heavy atom. The van der Waals surface area contributed by atoms with E-state index in [-0.39, 0.29) is 30.8 Å². The number of hydrogen-bond donors (Lipinski definition) is 2. The topological polar surface area (TPSA) is 89.1 Å². The number of hydrogen-bond acceptors (Lipinski definition) is 6. The molecule has 0 aromatic heterocycles. The summed E-state index contributed by atoms with van der Waals surface area (Å²) < 4.78 is 16.4. The van der Waals surface area contributed by atoms with Crippen LogP contribution in [0.15, 0.2) is 43.2 Å². The van der Waals surface area contributed by atoms with Crippen LogP contribution in [-0.2, 0) is 18.8 Å². The van der Waals surface area contributed by atoms with Crippen LogP contribution >= 0.6 is 0 Å². The average molecular weight is 546 g/mol. The van der Waals surface area contributed by atoms with Crippen LogP contribution in [0.5, 0.6) is 0 Å². The van der Waals surface area contributed by atoms with Gasteiger partial charge in [-0.15, -0.1) is 0 Å². The molecule has 1 aromatic carbocycles. The molecule has 2 heterocycles. The molecule has 0 aliphatic carbocycles. The first-order chi connectivity index (χ1) is 18.4. The molecule has 1 aromatic rings. The van der Waals surface area contributed by atoms with Gasteiger partial charge in [0.15, 0.2) is 0 Å². The number of amides is 2. The molecule has 9 heteroatoms. The SMILES string of the molecule is C=CN/C=C(\C)c1ccc(B2OC(C)(C)C(C)(C)O2)cc1.CC.CCC.COC(=O)NCC(=O)N1CCCC1. The fourth-order valence-electron chi connectivity index (χ4n) is 3.45. The summed E-state index contributed by atoms with van der Waals surface area (Å²) in [6, 6.07) is 8.28. The van der Waals surface area contributed by atoms with Gasteiger partial charge in [-0.3, -0.25) is 4.79 Å². The number of methoxy groups -OCH3 is 1. The van der Waals surface area contributed by atoms with E-state index in [0.717, 1.165) is 42.5 Å². The van der Waals surface area contributed by atoms with Crippen molar-refractivity contribution in [1.29, 1.82) is 0 Å². The molecular formula is C30H52BN3O5. The molecule has 0 unspecified atom stereocenters. The van der Waals surface area contributed by atoms with Gasteiger partial charge in [0.2, 0.25) is 5.91 Å². The predicted molar refractivity (Wildman–Crippen MR) is 163 cm³/mol. The van der Waals surface area contributed by atoms with Gasteiger partial charge in [-0.2, -0.15) is 0 Å². The van der Waals surface area contributed by atoms with E-state index in [2.05, 4.69) is 94.7 Å². The fourth-order valence-corrected chi connectivity index (χ4v) is 3.45. The zero-order chi connectivity index (χ0) is 30.1. The summed E-state index contributed by atoms with van der Waals surface area (Å²) in [7, 11) is 0.968. The molecule has 0 spiro atoms. The molecule has 2 fully saturated rings. The lowest BCUT2D eigenvalue weighted by molar-refractivity contribution is -0.129. The van der Waals surface area contributed by atoms with Crippen molar-refractivity contribution in [3.05, 3.63) is 48.8 Å². The van der Waals surface area contributed by atoms with Crippen LogP contribution in [0.25, 0.3) is 5.57 Å². The molecule has 0 radical (unpaired) electrons. The summed E-state index contributed by atoms with van der Waals surface area (Å²) in [6.07, 6.45) is 6.39. The van der Waals surface area contributed by atoms with Crippen molar-refractivity contribution >= 4 is 30.2 Å². The Morgan fingerprint density at radius 2 is 1.54 bits per heavy atom. The summed E-state index contributed by atoms with van der Waals surface area (Å²) in [5.74, 6) is -0.0390.